The molecule has 0 saturated carbocycles. The number of nitrogens with zero attached hydrogens (tertiary/aromatic N) is 5. The van der Waals surface area contributed by atoms with Gasteiger partial charge in [0.1, 0.15) is 17.1 Å². The van der Waals surface area contributed by atoms with Crippen LogP contribution in [0.25, 0.3) is 22.1 Å². The first-order chi connectivity index (χ1) is 15.3. The Morgan fingerprint density at radius 3 is 2.53 bits per heavy atom. The standard InChI is InChI=1S/C13H10ClN3O2S.C7H8N4O/c1-9-2-4-10(5-3-9)20(18,19)17-7-6-11-12(14)15-8-16-13(11)17;1-12-6-4-2-3-9-5(4)10-7(8)11-6/h2-8H,1H3;2-3H,1H3,(H3,8,9,10,11). The molecule has 32 heavy (non-hydrogen) atoms. The van der Waals surface area contributed by atoms with Crippen molar-refractivity contribution in [1.82, 2.24) is 28.9 Å². The lowest BCUT2D eigenvalue weighted by Gasteiger charge is -2.07. The summed E-state index contributed by atoms with van der Waals surface area (Å²) in [7, 11) is -2.14. The minimum atomic E-state index is -3.69. The number of nitrogen functional groups attached to an aromatic ring is 1. The number of hydrogen-bond acceptors (Lipinski definition) is 8. The van der Waals surface area contributed by atoms with Gasteiger partial charge >= 0.3 is 0 Å². The van der Waals surface area contributed by atoms with Gasteiger partial charge in [0.15, 0.2) is 5.65 Å². The first-order valence-electron chi connectivity index (χ1n) is 9.25. The summed E-state index contributed by atoms with van der Waals surface area (Å²) in [5.41, 5.74) is 7.39. The van der Waals surface area contributed by atoms with Crippen molar-refractivity contribution < 1.29 is 13.2 Å². The number of rotatable bonds is 3. The fourth-order valence-corrected chi connectivity index (χ4v) is 4.49. The van der Waals surface area contributed by atoms with Crippen molar-refractivity contribution in [2.75, 3.05) is 12.8 Å². The van der Waals surface area contributed by atoms with Gasteiger partial charge in [-0.3, -0.25) is 0 Å². The SMILES string of the molecule is COc1nc(N)nc2[nH]ccc12.Cc1ccc(S(=O)(=O)n2ccc3c(Cl)ncnc32)cc1. The lowest BCUT2D eigenvalue weighted by molar-refractivity contribution is 0.403. The van der Waals surface area contributed by atoms with Crippen LogP contribution < -0.4 is 10.5 Å². The summed E-state index contributed by atoms with van der Waals surface area (Å²) < 4.78 is 31.3. The average Bonchev–Trinajstić information content (AvgIpc) is 3.42. The lowest BCUT2D eigenvalue weighted by Crippen LogP contribution is -2.12. The third-order valence-electron chi connectivity index (χ3n) is 4.57. The molecule has 0 saturated heterocycles. The van der Waals surface area contributed by atoms with E-state index in [2.05, 4.69) is 24.9 Å². The predicted molar refractivity (Wildman–Crippen MR) is 121 cm³/mol. The third kappa shape index (κ3) is 3.95. The number of hydrogen-bond donors (Lipinski definition) is 2. The fraction of sp³-hybridized carbons (Fsp3) is 0.100. The first-order valence-corrected chi connectivity index (χ1v) is 11.1. The molecule has 0 aliphatic heterocycles. The minimum absolute atomic E-state index is 0.204. The number of H-pyrrole nitrogens is 1. The largest absolute Gasteiger partial charge is 0.480 e. The summed E-state index contributed by atoms with van der Waals surface area (Å²) in [5, 5.41) is 1.57. The molecule has 3 N–H and O–H groups in total. The van der Waals surface area contributed by atoms with Crippen LogP contribution in [0, 0.1) is 6.92 Å². The molecule has 0 aliphatic carbocycles. The second kappa shape index (κ2) is 8.44. The molecule has 0 spiro atoms. The molecule has 10 nitrogen and oxygen atoms in total. The number of aromatic amines is 1. The van der Waals surface area contributed by atoms with Crippen LogP contribution >= 0.6 is 11.6 Å². The zero-order chi connectivity index (χ0) is 22.9. The highest BCUT2D eigenvalue weighted by molar-refractivity contribution is 7.90. The number of nitrogens with one attached hydrogen (secondary N) is 1. The number of nitrogens with two attached hydrogens (primary N) is 1. The Balaban J connectivity index is 0.000000174. The maximum Gasteiger partial charge on any atom is 0.269 e. The summed E-state index contributed by atoms with van der Waals surface area (Å²) in [6.45, 7) is 1.90. The molecule has 0 atom stereocenters. The number of halogens is 1. The zero-order valence-corrected chi connectivity index (χ0v) is 18.6. The molecule has 5 rings (SSSR count). The molecular weight excluding hydrogens is 454 g/mol. The Labute approximate surface area is 188 Å². The van der Waals surface area contributed by atoms with Crippen molar-refractivity contribution in [2.45, 2.75) is 11.8 Å². The summed E-state index contributed by atoms with van der Waals surface area (Å²) in [6, 6.07) is 10.1. The van der Waals surface area contributed by atoms with E-state index in [-0.39, 0.29) is 21.6 Å². The summed E-state index contributed by atoms with van der Waals surface area (Å²) in [5.74, 6) is 0.709. The lowest BCUT2D eigenvalue weighted by atomic mass is 10.2. The molecule has 0 radical (unpaired) electrons. The highest BCUT2D eigenvalue weighted by Gasteiger charge is 2.20. The molecule has 0 unspecified atom stereocenters. The fourth-order valence-electron chi connectivity index (χ4n) is 3.00. The van der Waals surface area contributed by atoms with Crippen molar-refractivity contribution >= 4 is 49.6 Å². The number of anilines is 1. The van der Waals surface area contributed by atoms with Crippen molar-refractivity contribution in [1.29, 1.82) is 0 Å². The average molecular weight is 472 g/mol. The highest BCUT2D eigenvalue weighted by atomic mass is 35.5. The maximum atomic E-state index is 12.6. The Morgan fingerprint density at radius 2 is 1.81 bits per heavy atom. The van der Waals surface area contributed by atoms with Gasteiger partial charge in [-0.25, -0.2) is 22.4 Å². The van der Waals surface area contributed by atoms with Gasteiger partial charge in [0.25, 0.3) is 10.0 Å². The monoisotopic (exact) mass is 471 g/mol. The number of ether oxygens (including phenoxy) is 1. The number of fused-ring (bicyclic) bond motifs is 2. The van der Waals surface area contributed by atoms with E-state index in [4.69, 9.17) is 22.1 Å². The van der Waals surface area contributed by atoms with E-state index in [0.29, 0.717) is 16.9 Å². The molecule has 4 heterocycles. The van der Waals surface area contributed by atoms with Crippen LogP contribution in [0.4, 0.5) is 5.95 Å². The number of methoxy groups -OCH3 is 1. The summed E-state index contributed by atoms with van der Waals surface area (Å²) >= 11 is 5.93. The smallest absolute Gasteiger partial charge is 0.269 e. The minimum Gasteiger partial charge on any atom is -0.480 e. The van der Waals surface area contributed by atoms with Gasteiger partial charge < -0.3 is 15.5 Å². The van der Waals surface area contributed by atoms with E-state index in [1.807, 2.05) is 13.0 Å². The number of benzene rings is 1. The van der Waals surface area contributed by atoms with Crippen LogP contribution in [0.1, 0.15) is 5.56 Å². The summed E-state index contributed by atoms with van der Waals surface area (Å²) in [6.07, 6.45) is 4.44. The van der Waals surface area contributed by atoms with E-state index in [1.54, 1.807) is 43.6 Å². The topological polar surface area (TPSA) is 142 Å². The Bertz CT molecular complexity index is 1510. The molecular formula is C20H18ClN7O3S. The Hall–Kier alpha value is -3.70. The maximum absolute atomic E-state index is 12.6. The van der Waals surface area contributed by atoms with E-state index in [0.717, 1.165) is 14.9 Å². The van der Waals surface area contributed by atoms with Gasteiger partial charge in [-0.2, -0.15) is 9.97 Å². The van der Waals surface area contributed by atoms with Crippen LogP contribution in [0.2, 0.25) is 5.15 Å². The van der Waals surface area contributed by atoms with Crippen molar-refractivity contribution in [2.24, 2.45) is 0 Å². The number of aryl methyl sites for hydroxylation is 1. The molecule has 4 aromatic heterocycles. The van der Waals surface area contributed by atoms with Gasteiger partial charge in [-0.05, 0) is 31.2 Å². The van der Waals surface area contributed by atoms with Crippen molar-refractivity contribution in [3.63, 3.8) is 0 Å². The second-order valence-corrected chi connectivity index (χ2v) is 8.84. The van der Waals surface area contributed by atoms with Crippen molar-refractivity contribution in [3.05, 3.63) is 65.8 Å². The Kier molecular flexibility index (Phi) is 5.68. The zero-order valence-electron chi connectivity index (χ0n) is 17.0. The molecule has 12 heteroatoms. The molecule has 0 aliphatic rings. The Morgan fingerprint density at radius 1 is 1.06 bits per heavy atom. The quantitative estimate of drug-likeness (QED) is 0.382. The molecule has 0 fully saturated rings. The van der Waals surface area contributed by atoms with Gasteiger partial charge in [0.2, 0.25) is 11.8 Å². The summed E-state index contributed by atoms with van der Waals surface area (Å²) in [4.78, 5) is 18.9. The van der Waals surface area contributed by atoms with E-state index in [1.165, 1.54) is 12.5 Å². The van der Waals surface area contributed by atoms with Crippen molar-refractivity contribution in [3.8, 4) is 5.88 Å². The third-order valence-corrected chi connectivity index (χ3v) is 6.55. The van der Waals surface area contributed by atoms with E-state index >= 15 is 0 Å². The first kappa shape index (κ1) is 21.5. The molecule has 164 valence electrons. The van der Waals surface area contributed by atoms with Crippen LogP contribution in [-0.4, -0.2) is 44.4 Å². The van der Waals surface area contributed by atoms with Gasteiger partial charge in [-0.1, -0.05) is 29.3 Å². The molecule has 0 amide bonds. The normalized spacial score (nSPS) is 11.3. The second-order valence-electron chi connectivity index (χ2n) is 6.66. The van der Waals surface area contributed by atoms with Crippen LogP contribution in [0.3, 0.4) is 0 Å². The van der Waals surface area contributed by atoms with Gasteiger partial charge in [-0.15, -0.1) is 0 Å². The van der Waals surface area contributed by atoms with E-state index in [9.17, 15) is 8.42 Å². The van der Waals surface area contributed by atoms with Crippen LogP contribution in [0.5, 0.6) is 5.88 Å². The molecule has 0 bridgehead atoms. The number of aromatic nitrogens is 6. The predicted octanol–water partition coefficient (Wildman–Crippen LogP) is 3.18. The molecule has 1 aromatic carbocycles. The molecule has 5 aromatic rings. The van der Waals surface area contributed by atoms with Gasteiger partial charge in [0, 0.05) is 12.4 Å². The highest BCUT2D eigenvalue weighted by Crippen LogP contribution is 2.24. The van der Waals surface area contributed by atoms with E-state index < -0.39 is 10.0 Å². The van der Waals surface area contributed by atoms with Gasteiger partial charge in [0.05, 0.1) is 22.8 Å². The van der Waals surface area contributed by atoms with Crippen LogP contribution in [0.15, 0.2) is 60.0 Å². The van der Waals surface area contributed by atoms with Crippen LogP contribution in [-0.2, 0) is 10.0 Å².